The molecule has 0 saturated heterocycles. The van der Waals surface area contributed by atoms with Gasteiger partial charge in [-0.3, -0.25) is 4.79 Å². The highest BCUT2D eigenvalue weighted by molar-refractivity contribution is 5.69. The van der Waals surface area contributed by atoms with E-state index >= 15 is 0 Å². The highest BCUT2D eigenvalue weighted by Gasteiger charge is 2.11. The molecule has 1 atom stereocenters. The number of esters is 1. The number of aliphatic hydroxyl groups is 1. The van der Waals surface area contributed by atoms with E-state index in [-0.39, 0.29) is 26.1 Å². The van der Waals surface area contributed by atoms with E-state index in [9.17, 15) is 18.7 Å². The number of aliphatic hydroxyl groups excluding tert-OH is 1. The molecule has 0 aliphatic carbocycles. The van der Waals surface area contributed by atoms with Gasteiger partial charge in [0.05, 0.1) is 19.1 Å². The van der Waals surface area contributed by atoms with Crippen molar-refractivity contribution in [2.75, 3.05) is 13.2 Å². The number of halogens is 2. The molecular formula is C13H17F2NO3. The molecule has 1 unspecified atom stereocenters. The Balaban J connectivity index is 2.29. The largest absolute Gasteiger partial charge is 0.466 e. The number of ether oxygens (including phenoxy) is 1. The lowest BCUT2D eigenvalue weighted by atomic mass is 10.2. The summed E-state index contributed by atoms with van der Waals surface area (Å²) in [5.41, 5.74) is 0.558. The second kappa shape index (κ2) is 7.81. The molecule has 0 aliphatic rings. The molecule has 0 amide bonds. The maximum Gasteiger partial charge on any atom is 0.308 e. The number of hydrogen-bond donors (Lipinski definition) is 2. The van der Waals surface area contributed by atoms with E-state index in [2.05, 4.69) is 10.1 Å². The van der Waals surface area contributed by atoms with Crippen molar-refractivity contribution in [2.24, 2.45) is 0 Å². The predicted molar refractivity (Wildman–Crippen MR) is 65.3 cm³/mol. The second-order valence-electron chi connectivity index (χ2n) is 4.04. The fourth-order valence-corrected chi connectivity index (χ4v) is 1.52. The molecule has 1 rings (SSSR count). The smallest absolute Gasteiger partial charge is 0.308 e. The summed E-state index contributed by atoms with van der Waals surface area (Å²) in [4.78, 5) is 11.1. The number of benzene rings is 1. The third-order valence-electron chi connectivity index (χ3n) is 2.40. The summed E-state index contributed by atoms with van der Waals surface area (Å²) in [6.45, 7) is 2.40. The average molecular weight is 273 g/mol. The van der Waals surface area contributed by atoms with Crippen LogP contribution in [0.15, 0.2) is 18.2 Å². The molecule has 0 bridgehead atoms. The van der Waals surface area contributed by atoms with E-state index in [1.807, 2.05) is 0 Å². The highest BCUT2D eigenvalue weighted by Crippen LogP contribution is 2.08. The van der Waals surface area contributed by atoms with Crippen LogP contribution in [0.3, 0.4) is 0 Å². The predicted octanol–water partition coefficient (Wildman–Crippen LogP) is 1.37. The Morgan fingerprint density at radius 2 is 2.16 bits per heavy atom. The van der Waals surface area contributed by atoms with Crippen molar-refractivity contribution in [1.29, 1.82) is 0 Å². The topological polar surface area (TPSA) is 58.6 Å². The Hall–Kier alpha value is -1.53. The maximum absolute atomic E-state index is 12.9. The minimum Gasteiger partial charge on any atom is -0.466 e. The van der Waals surface area contributed by atoms with Crippen molar-refractivity contribution >= 4 is 5.97 Å². The van der Waals surface area contributed by atoms with E-state index in [4.69, 9.17) is 0 Å². The van der Waals surface area contributed by atoms with Crippen LogP contribution in [0.25, 0.3) is 0 Å². The molecule has 0 aromatic heterocycles. The summed E-state index contributed by atoms with van der Waals surface area (Å²) in [5.74, 6) is -2.28. The number of carbonyl (C=O) groups is 1. The molecule has 0 aliphatic heterocycles. The fourth-order valence-electron chi connectivity index (χ4n) is 1.52. The maximum atomic E-state index is 12.9. The Morgan fingerprint density at radius 3 is 2.79 bits per heavy atom. The number of hydrogen-bond acceptors (Lipinski definition) is 4. The molecule has 19 heavy (non-hydrogen) atoms. The summed E-state index contributed by atoms with van der Waals surface area (Å²) in [6.07, 6.45) is -0.970. The Morgan fingerprint density at radius 1 is 1.42 bits per heavy atom. The molecule has 0 spiro atoms. The number of rotatable bonds is 7. The summed E-state index contributed by atoms with van der Waals surface area (Å²) < 4.78 is 30.3. The van der Waals surface area contributed by atoms with Crippen molar-refractivity contribution in [3.8, 4) is 0 Å². The standard InChI is InChI=1S/C13H17F2NO3/c1-2-19-13(18)6-10(17)8-16-7-9-3-4-11(14)12(15)5-9/h3-5,10,16-17H,2,6-8H2,1H3. The lowest BCUT2D eigenvalue weighted by molar-refractivity contribution is -0.145. The zero-order valence-electron chi connectivity index (χ0n) is 10.7. The molecule has 1 aromatic carbocycles. The van der Waals surface area contributed by atoms with Gasteiger partial charge in [0.15, 0.2) is 11.6 Å². The van der Waals surface area contributed by atoms with Gasteiger partial charge in [-0.15, -0.1) is 0 Å². The van der Waals surface area contributed by atoms with Gasteiger partial charge in [0.25, 0.3) is 0 Å². The van der Waals surface area contributed by atoms with Gasteiger partial charge in [0, 0.05) is 13.1 Å². The molecule has 0 saturated carbocycles. The summed E-state index contributed by atoms with van der Waals surface area (Å²) >= 11 is 0. The monoisotopic (exact) mass is 273 g/mol. The molecule has 1 aromatic rings. The van der Waals surface area contributed by atoms with Crippen molar-refractivity contribution in [3.05, 3.63) is 35.4 Å². The van der Waals surface area contributed by atoms with E-state index in [0.29, 0.717) is 5.56 Å². The lowest BCUT2D eigenvalue weighted by Gasteiger charge is -2.11. The first-order valence-corrected chi connectivity index (χ1v) is 6.01. The lowest BCUT2D eigenvalue weighted by Crippen LogP contribution is -2.29. The van der Waals surface area contributed by atoms with Crippen molar-refractivity contribution in [3.63, 3.8) is 0 Å². The van der Waals surface area contributed by atoms with Gasteiger partial charge in [-0.25, -0.2) is 8.78 Å². The number of nitrogens with one attached hydrogen (secondary N) is 1. The third kappa shape index (κ3) is 5.76. The second-order valence-corrected chi connectivity index (χ2v) is 4.04. The number of carbonyl (C=O) groups excluding carboxylic acids is 1. The quantitative estimate of drug-likeness (QED) is 0.737. The summed E-state index contributed by atoms with van der Waals surface area (Å²) in [5, 5.41) is 12.4. The van der Waals surface area contributed by atoms with Crippen LogP contribution >= 0.6 is 0 Å². The van der Waals surface area contributed by atoms with E-state index in [1.54, 1.807) is 6.92 Å². The van der Waals surface area contributed by atoms with E-state index in [0.717, 1.165) is 12.1 Å². The van der Waals surface area contributed by atoms with Crippen molar-refractivity contribution in [2.45, 2.75) is 26.0 Å². The van der Waals surface area contributed by atoms with E-state index < -0.39 is 23.7 Å². The molecule has 0 fully saturated rings. The van der Waals surface area contributed by atoms with Crippen molar-refractivity contribution < 1.29 is 23.4 Å². The first-order valence-electron chi connectivity index (χ1n) is 6.01. The molecule has 0 radical (unpaired) electrons. The van der Waals surface area contributed by atoms with Crippen LogP contribution in [-0.4, -0.2) is 30.3 Å². The third-order valence-corrected chi connectivity index (χ3v) is 2.40. The molecule has 2 N–H and O–H groups in total. The Kier molecular flexibility index (Phi) is 6.38. The first-order chi connectivity index (χ1) is 9.02. The zero-order chi connectivity index (χ0) is 14.3. The SMILES string of the molecule is CCOC(=O)CC(O)CNCc1ccc(F)c(F)c1. The summed E-state index contributed by atoms with van der Waals surface area (Å²) in [7, 11) is 0. The Labute approximate surface area is 110 Å². The van der Waals surface area contributed by atoms with Gasteiger partial charge in [-0.2, -0.15) is 0 Å². The van der Waals surface area contributed by atoms with Gasteiger partial charge in [-0.1, -0.05) is 6.07 Å². The first kappa shape index (κ1) is 15.5. The van der Waals surface area contributed by atoms with Crippen LogP contribution in [-0.2, 0) is 16.1 Å². The van der Waals surface area contributed by atoms with Gasteiger partial charge in [0.2, 0.25) is 0 Å². The van der Waals surface area contributed by atoms with Gasteiger partial charge in [0.1, 0.15) is 0 Å². The minimum atomic E-state index is -0.911. The minimum absolute atomic E-state index is 0.0986. The van der Waals surface area contributed by atoms with Crippen LogP contribution in [0.1, 0.15) is 18.9 Å². The van der Waals surface area contributed by atoms with Crippen LogP contribution in [0.4, 0.5) is 8.78 Å². The molecule has 106 valence electrons. The fraction of sp³-hybridized carbons (Fsp3) is 0.462. The molecule has 6 heteroatoms. The normalized spacial score (nSPS) is 12.2. The van der Waals surface area contributed by atoms with Gasteiger partial charge in [-0.05, 0) is 24.6 Å². The van der Waals surface area contributed by atoms with Crippen LogP contribution < -0.4 is 5.32 Å². The molecular weight excluding hydrogens is 256 g/mol. The average Bonchev–Trinajstić information content (AvgIpc) is 2.34. The van der Waals surface area contributed by atoms with Crippen LogP contribution in [0, 0.1) is 11.6 Å². The molecule has 0 heterocycles. The summed E-state index contributed by atoms with van der Waals surface area (Å²) in [6, 6.07) is 3.57. The molecule has 4 nitrogen and oxygen atoms in total. The van der Waals surface area contributed by atoms with Crippen LogP contribution in [0.5, 0.6) is 0 Å². The Bertz CT molecular complexity index is 426. The van der Waals surface area contributed by atoms with Gasteiger partial charge >= 0.3 is 5.97 Å². The van der Waals surface area contributed by atoms with Gasteiger partial charge < -0.3 is 15.2 Å². The van der Waals surface area contributed by atoms with E-state index in [1.165, 1.54) is 6.07 Å². The highest BCUT2D eigenvalue weighted by atomic mass is 19.2. The van der Waals surface area contributed by atoms with Crippen molar-refractivity contribution in [1.82, 2.24) is 5.32 Å². The zero-order valence-corrected chi connectivity index (χ0v) is 10.7. The van der Waals surface area contributed by atoms with Crippen LogP contribution in [0.2, 0.25) is 0 Å².